The first kappa shape index (κ1) is 17.0. The molecule has 128 valence electrons. The highest BCUT2D eigenvalue weighted by Crippen LogP contribution is 2.18. The normalized spacial score (nSPS) is 11.9. The zero-order valence-electron chi connectivity index (χ0n) is 14.1. The van der Waals surface area contributed by atoms with Crippen LogP contribution in [-0.2, 0) is 11.3 Å². The van der Waals surface area contributed by atoms with E-state index in [2.05, 4.69) is 20.5 Å². The Balaban J connectivity index is 1.78. The predicted molar refractivity (Wildman–Crippen MR) is 98.4 cm³/mol. The van der Waals surface area contributed by atoms with Crippen LogP contribution in [0.2, 0.25) is 0 Å². The van der Waals surface area contributed by atoms with Gasteiger partial charge in [-0.3, -0.25) is 19.4 Å². The van der Waals surface area contributed by atoms with E-state index in [0.717, 1.165) is 16.7 Å². The highest BCUT2D eigenvalue weighted by atomic mass is 32.1. The molecule has 25 heavy (non-hydrogen) atoms. The third-order valence-corrected chi connectivity index (χ3v) is 4.23. The van der Waals surface area contributed by atoms with Crippen LogP contribution in [0.25, 0.3) is 11.4 Å². The van der Waals surface area contributed by atoms with Crippen molar-refractivity contribution in [2.45, 2.75) is 26.4 Å². The highest BCUT2D eigenvalue weighted by Gasteiger charge is 2.14. The van der Waals surface area contributed by atoms with Crippen molar-refractivity contribution in [3.05, 3.63) is 64.7 Å². The molecule has 3 aromatic rings. The highest BCUT2D eigenvalue weighted by molar-refractivity contribution is 7.71. The minimum atomic E-state index is -0.129. The number of amides is 1. The van der Waals surface area contributed by atoms with E-state index in [4.69, 9.17) is 12.2 Å². The second-order valence-corrected chi connectivity index (χ2v) is 6.26. The number of aromatic amines is 1. The molecular weight excluding hydrogens is 334 g/mol. The van der Waals surface area contributed by atoms with Gasteiger partial charge < -0.3 is 5.32 Å². The lowest BCUT2D eigenvalue weighted by Gasteiger charge is -2.15. The van der Waals surface area contributed by atoms with E-state index < -0.39 is 0 Å². The topological polar surface area (TPSA) is 75.6 Å². The van der Waals surface area contributed by atoms with Crippen LogP contribution in [0.1, 0.15) is 24.1 Å². The molecule has 0 radical (unpaired) electrons. The standard InChI is InChI=1S/C18H19N5OS/c1-12-4-3-5-15(10-12)17-21-22-18(25)23(17)11-16(24)20-13(2)14-6-8-19-9-7-14/h3-10,13H,11H2,1-2H3,(H,20,24)(H,22,25)/t13-/m0/s1. The maximum absolute atomic E-state index is 12.5. The number of hydrogen-bond donors (Lipinski definition) is 2. The molecule has 0 saturated carbocycles. The molecule has 0 aliphatic heterocycles. The number of H-pyrrole nitrogens is 1. The number of carbonyl (C=O) groups excluding carboxylic acids is 1. The van der Waals surface area contributed by atoms with Gasteiger partial charge in [-0.15, -0.1) is 0 Å². The third-order valence-electron chi connectivity index (χ3n) is 3.92. The second-order valence-electron chi connectivity index (χ2n) is 5.88. The Morgan fingerprint density at radius 3 is 2.80 bits per heavy atom. The summed E-state index contributed by atoms with van der Waals surface area (Å²) in [5, 5.41) is 10.0. The lowest BCUT2D eigenvalue weighted by molar-refractivity contribution is -0.122. The molecule has 0 spiro atoms. The Morgan fingerprint density at radius 1 is 1.32 bits per heavy atom. The number of nitrogens with zero attached hydrogens (tertiary/aromatic N) is 3. The van der Waals surface area contributed by atoms with Gasteiger partial charge in [0.05, 0.1) is 6.04 Å². The number of aryl methyl sites for hydroxylation is 1. The summed E-state index contributed by atoms with van der Waals surface area (Å²) in [6, 6.07) is 11.6. The van der Waals surface area contributed by atoms with Crippen LogP contribution in [0.4, 0.5) is 0 Å². The number of hydrogen-bond acceptors (Lipinski definition) is 4. The fraction of sp³-hybridized carbons (Fsp3) is 0.222. The molecule has 0 saturated heterocycles. The van der Waals surface area contributed by atoms with Gasteiger partial charge in [-0.25, -0.2) is 0 Å². The summed E-state index contributed by atoms with van der Waals surface area (Å²) in [7, 11) is 0. The third kappa shape index (κ3) is 4.00. The number of nitrogens with one attached hydrogen (secondary N) is 2. The van der Waals surface area contributed by atoms with Crippen molar-refractivity contribution in [3.8, 4) is 11.4 Å². The summed E-state index contributed by atoms with van der Waals surface area (Å²) in [6.45, 7) is 4.05. The Hall–Kier alpha value is -2.80. The smallest absolute Gasteiger partial charge is 0.240 e. The minimum Gasteiger partial charge on any atom is -0.348 e. The summed E-state index contributed by atoms with van der Waals surface area (Å²) in [6.07, 6.45) is 3.42. The van der Waals surface area contributed by atoms with E-state index in [1.807, 2.05) is 50.2 Å². The molecule has 6 nitrogen and oxygen atoms in total. The maximum Gasteiger partial charge on any atom is 0.240 e. The average molecular weight is 353 g/mol. The lowest BCUT2D eigenvalue weighted by Crippen LogP contribution is -2.30. The number of aromatic nitrogens is 4. The first-order chi connectivity index (χ1) is 12.0. The van der Waals surface area contributed by atoms with Crippen LogP contribution in [0, 0.1) is 11.7 Å². The Bertz CT molecular complexity index is 932. The average Bonchev–Trinajstić information content (AvgIpc) is 2.96. The molecular formula is C18H19N5OS. The van der Waals surface area contributed by atoms with Crippen LogP contribution in [0.15, 0.2) is 48.8 Å². The fourth-order valence-electron chi connectivity index (χ4n) is 2.64. The summed E-state index contributed by atoms with van der Waals surface area (Å²) in [4.78, 5) is 16.4. The van der Waals surface area contributed by atoms with E-state index in [-0.39, 0.29) is 18.5 Å². The molecule has 2 heterocycles. The van der Waals surface area contributed by atoms with Gasteiger partial charge in [0.1, 0.15) is 6.54 Å². The van der Waals surface area contributed by atoms with Crippen molar-refractivity contribution in [1.82, 2.24) is 25.1 Å². The molecule has 1 amide bonds. The second kappa shape index (κ2) is 7.40. The zero-order chi connectivity index (χ0) is 17.8. The number of benzene rings is 1. The van der Waals surface area contributed by atoms with Crippen molar-refractivity contribution in [2.75, 3.05) is 0 Å². The molecule has 0 aliphatic carbocycles. The Labute approximate surface area is 150 Å². The van der Waals surface area contributed by atoms with Crippen LogP contribution < -0.4 is 5.32 Å². The molecule has 0 unspecified atom stereocenters. The van der Waals surface area contributed by atoms with Crippen LogP contribution in [0.5, 0.6) is 0 Å². The quantitative estimate of drug-likeness (QED) is 0.691. The molecule has 7 heteroatoms. The van der Waals surface area contributed by atoms with E-state index >= 15 is 0 Å². The van der Waals surface area contributed by atoms with Crippen LogP contribution in [-0.4, -0.2) is 25.7 Å². The van der Waals surface area contributed by atoms with Crippen LogP contribution in [0.3, 0.4) is 0 Å². The van der Waals surface area contributed by atoms with Gasteiger partial charge >= 0.3 is 0 Å². The molecule has 3 rings (SSSR count). The van der Waals surface area contributed by atoms with Gasteiger partial charge in [0.25, 0.3) is 0 Å². The molecule has 0 bridgehead atoms. The summed E-state index contributed by atoms with van der Waals surface area (Å²) in [5.41, 5.74) is 3.04. The molecule has 1 aromatic carbocycles. The van der Waals surface area contributed by atoms with E-state index in [0.29, 0.717) is 10.6 Å². The largest absolute Gasteiger partial charge is 0.348 e. The summed E-state index contributed by atoms with van der Waals surface area (Å²) >= 11 is 5.29. The Kier molecular flexibility index (Phi) is 5.04. The summed E-state index contributed by atoms with van der Waals surface area (Å²) < 4.78 is 2.13. The fourth-order valence-corrected chi connectivity index (χ4v) is 2.83. The minimum absolute atomic E-state index is 0.105. The van der Waals surface area contributed by atoms with Crippen molar-refractivity contribution in [1.29, 1.82) is 0 Å². The van der Waals surface area contributed by atoms with Crippen molar-refractivity contribution < 1.29 is 4.79 Å². The van der Waals surface area contributed by atoms with E-state index in [9.17, 15) is 4.79 Å². The first-order valence-corrected chi connectivity index (χ1v) is 8.37. The number of pyridine rings is 1. The zero-order valence-corrected chi connectivity index (χ0v) is 14.9. The molecule has 1 atom stereocenters. The van der Waals surface area contributed by atoms with Crippen molar-refractivity contribution in [2.24, 2.45) is 0 Å². The van der Waals surface area contributed by atoms with Gasteiger partial charge in [0.15, 0.2) is 10.6 Å². The monoisotopic (exact) mass is 353 g/mol. The van der Waals surface area contributed by atoms with Gasteiger partial charge in [0, 0.05) is 18.0 Å². The predicted octanol–water partition coefficient (Wildman–Crippen LogP) is 3.19. The lowest BCUT2D eigenvalue weighted by atomic mass is 10.1. The van der Waals surface area contributed by atoms with Crippen LogP contribution >= 0.6 is 12.2 Å². The number of carbonyl (C=O) groups is 1. The van der Waals surface area contributed by atoms with E-state index in [1.54, 1.807) is 17.0 Å². The Morgan fingerprint density at radius 2 is 2.08 bits per heavy atom. The van der Waals surface area contributed by atoms with Gasteiger partial charge in [-0.1, -0.05) is 23.8 Å². The van der Waals surface area contributed by atoms with Crippen molar-refractivity contribution >= 4 is 18.1 Å². The first-order valence-electron chi connectivity index (χ1n) is 7.96. The van der Waals surface area contributed by atoms with Gasteiger partial charge in [-0.2, -0.15) is 5.10 Å². The number of rotatable bonds is 5. The molecule has 0 fully saturated rings. The van der Waals surface area contributed by atoms with Gasteiger partial charge in [-0.05, 0) is 49.8 Å². The van der Waals surface area contributed by atoms with Crippen molar-refractivity contribution in [3.63, 3.8) is 0 Å². The summed E-state index contributed by atoms with van der Waals surface area (Å²) in [5.74, 6) is 0.524. The molecule has 2 aromatic heterocycles. The molecule has 2 N–H and O–H groups in total. The molecule has 0 aliphatic rings. The van der Waals surface area contributed by atoms with E-state index in [1.165, 1.54) is 0 Å². The van der Waals surface area contributed by atoms with Gasteiger partial charge in [0.2, 0.25) is 5.91 Å². The maximum atomic E-state index is 12.5. The SMILES string of the molecule is Cc1cccc(-c2n[nH]c(=S)n2CC(=O)N[C@@H](C)c2ccncc2)c1.